The summed E-state index contributed by atoms with van der Waals surface area (Å²) in [5.41, 5.74) is 0. The summed E-state index contributed by atoms with van der Waals surface area (Å²) in [6.45, 7) is 0. The predicted molar refractivity (Wildman–Crippen MR) is 52.9 cm³/mol. The zero-order chi connectivity index (χ0) is 11.4. The van der Waals surface area contributed by atoms with Gasteiger partial charge in [0.15, 0.2) is 0 Å². The standard InChI is InChI=1S/C6H4As2N2O5/c11-6-2-1-4(7-9(12)13)3-5(6)8-10(14)15/h1-3,11H. The van der Waals surface area contributed by atoms with E-state index in [0.717, 1.165) is 0 Å². The molecule has 9 heteroatoms. The fourth-order valence-corrected chi connectivity index (χ4v) is 3.55. The number of aromatic hydroxyl groups is 1. The van der Waals surface area contributed by atoms with Crippen molar-refractivity contribution in [3.8, 4) is 5.75 Å². The number of phenolic OH excluding ortho intramolecular Hbond substituents is 1. The molecular weight excluding hydrogens is 330 g/mol. The van der Waals surface area contributed by atoms with Crippen molar-refractivity contribution in [1.82, 2.24) is 0 Å². The average Bonchev–Trinajstić information content (AvgIpc) is 2.09. The molecule has 1 aromatic rings. The predicted octanol–water partition coefficient (Wildman–Crippen LogP) is -1.57. The normalized spacial score (nSPS) is 11.5. The van der Waals surface area contributed by atoms with Crippen molar-refractivity contribution in [3.63, 3.8) is 0 Å². The van der Waals surface area contributed by atoms with Crippen LogP contribution in [0.2, 0.25) is 0 Å². The van der Waals surface area contributed by atoms with Gasteiger partial charge >= 0.3 is 97.6 Å². The Morgan fingerprint density at radius 2 is 1.73 bits per heavy atom. The first-order valence-electron chi connectivity index (χ1n) is 3.54. The van der Waals surface area contributed by atoms with Crippen LogP contribution >= 0.6 is 0 Å². The van der Waals surface area contributed by atoms with Crippen LogP contribution in [0, 0.1) is 20.2 Å². The number of rotatable bonds is 4. The van der Waals surface area contributed by atoms with Gasteiger partial charge in [-0.05, 0) is 0 Å². The van der Waals surface area contributed by atoms with Gasteiger partial charge in [-0.1, -0.05) is 0 Å². The Labute approximate surface area is 97.6 Å². The SMILES string of the molecule is O=[N+]([O-])[As]c1ccc(O)c([As][N+](=O)[O-])c1. The number of phenols is 1. The van der Waals surface area contributed by atoms with Crippen LogP contribution in [-0.4, -0.2) is 44.7 Å². The van der Waals surface area contributed by atoms with E-state index in [1.807, 2.05) is 0 Å². The molecule has 0 amide bonds. The van der Waals surface area contributed by atoms with Crippen LogP contribution in [0.1, 0.15) is 0 Å². The van der Waals surface area contributed by atoms with E-state index in [4.69, 9.17) is 0 Å². The molecule has 1 rings (SSSR count). The van der Waals surface area contributed by atoms with Gasteiger partial charge in [0.2, 0.25) is 0 Å². The third kappa shape index (κ3) is 3.89. The molecule has 0 aromatic heterocycles. The quantitative estimate of drug-likeness (QED) is 0.407. The molecule has 2 radical (unpaired) electrons. The third-order valence-electron chi connectivity index (χ3n) is 1.35. The Bertz CT molecular complexity index is 411. The molecular formula is C6H4As2N2O5. The van der Waals surface area contributed by atoms with E-state index in [1.54, 1.807) is 0 Å². The van der Waals surface area contributed by atoms with Crippen LogP contribution in [0.3, 0.4) is 0 Å². The van der Waals surface area contributed by atoms with E-state index in [0.29, 0.717) is 4.35 Å². The molecule has 1 N–H and O–H groups in total. The minimum atomic E-state index is -1.38. The molecule has 0 spiro atoms. The summed E-state index contributed by atoms with van der Waals surface area (Å²) < 4.78 is -0.292. The van der Waals surface area contributed by atoms with Crippen LogP contribution in [0.15, 0.2) is 18.2 Å². The summed E-state index contributed by atoms with van der Waals surface area (Å²) in [5, 5.41) is 29.8. The van der Waals surface area contributed by atoms with Gasteiger partial charge in [0, 0.05) is 0 Å². The summed E-state index contributed by atoms with van der Waals surface area (Å²) in [7, 11) is 0. The van der Waals surface area contributed by atoms with Gasteiger partial charge in [0.1, 0.15) is 0 Å². The van der Waals surface area contributed by atoms with Gasteiger partial charge in [-0.15, -0.1) is 0 Å². The minimum absolute atomic E-state index is 0.167. The van der Waals surface area contributed by atoms with Crippen LogP contribution < -0.4 is 8.70 Å². The summed E-state index contributed by atoms with van der Waals surface area (Å²) in [5.74, 6) is -0.167. The molecule has 0 bridgehead atoms. The van der Waals surface area contributed by atoms with Gasteiger partial charge < -0.3 is 0 Å². The number of hydrogen-bond acceptors (Lipinski definition) is 5. The zero-order valence-electron chi connectivity index (χ0n) is 7.10. The van der Waals surface area contributed by atoms with E-state index < -0.39 is 39.6 Å². The molecule has 0 unspecified atom stereocenters. The monoisotopic (exact) mass is 334 g/mol. The second-order valence-corrected chi connectivity index (χ2v) is 6.65. The van der Waals surface area contributed by atoms with Crippen LogP contribution in [-0.2, 0) is 0 Å². The van der Waals surface area contributed by atoms with E-state index in [9.17, 15) is 25.3 Å². The second-order valence-electron chi connectivity index (χ2n) is 2.35. The summed E-state index contributed by atoms with van der Waals surface area (Å²) >= 11 is -2.62. The van der Waals surface area contributed by atoms with Crippen LogP contribution in [0.5, 0.6) is 5.75 Å². The second kappa shape index (κ2) is 5.14. The van der Waals surface area contributed by atoms with Crippen molar-refractivity contribution in [3.05, 3.63) is 38.4 Å². The number of nitro groups is 2. The van der Waals surface area contributed by atoms with Gasteiger partial charge in [-0.2, -0.15) is 0 Å². The van der Waals surface area contributed by atoms with Gasteiger partial charge in [-0.3, -0.25) is 0 Å². The molecule has 15 heavy (non-hydrogen) atoms. The Hall–Kier alpha value is -1.06. The topological polar surface area (TPSA) is 107 Å². The van der Waals surface area contributed by atoms with E-state index in [1.165, 1.54) is 18.2 Å². The molecule has 0 fully saturated rings. The van der Waals surface area contributed by atoms with Crippen LogP contribution in [0.4, 0.5) is 0 Å². The molecule has 0 aliphatic rings. The summed E-state index contributed by atoms with van der Waals surface area (Å²) in [4.78, 5) is 20.5. The Morgan fingerprint density at radius 1 is 1.13 bits per heavy atom. The van der Waals surface area contributed by atoms with E-state index in [-0.39, 0.29) is 10.1 Å². The first kappa shape index (κ1) is 12.0. The number of nitrogens with zero attached hydrogens (tertiary/aromatic N) is 2. The van der Waals surface area contributed by atoms with Crippen molar-refractivity contribution < 1.29 is 12.8 Å². The van der Waals surface area contributed by atoms with Gasteiger partial charge in [0.25, 0.3) is 0 Å². The number of hydrogen-bond donors (Lipinski definition) is 1. The molecule has 78 valence electrons. The van der Waals surface area contributed by atoms with Crippen molar-refractivity contribution in [1.29, 1.82) is 0 Å². The van der Waals surface area contributed by atoms with Crippen molar-refractivity contribution in [2.45, 2.75) is 0 Å². The third-order valence-corrected chi connectivity index (χ3v) is 4.30. The molecule has 0 aliphatic carbocycles. The van der Waals surface area contributed by atoms with Crippen molar-refractivity contribution in [2.24, 2.45) is 0 Å². The Balaban J connectivity index is 2.94. The molecule has 7 nitrogen and oxygen atoms in total. The Morgan fingerprint density at radius 3 is 2.27 bits per heavy atom. The first-order chi connectivity index (χ1) is 6.99. The first-order valence-corrected chi connectivity index (χ1v) is 7.09. The molecule has 0 saturated carbocycles. The van der Waals surface area contributed by atoms with E-state index >= 15 is 0 Å². The van der Waals surface area contributed by atoms with Crippen molar-refractivity contribution >= 4 is 40.7 Å². The average molecular weight is 334 g/mol. The van der Waals surface area contributed by atoms with Gasteiger partial charge in [0.05, 0.1) is 0 Å². The zero-order valence-corrected chi connectivity index (χ0v) is 10.9. The van der Waals surface area contributed by atoms with Gasteiger partial charge in [-0.25, -0.2) is 0 Å². The molecule has 0 heterocycles. The Kier molecular flexibility index (Phi) is 4.12. The maximum absolute atomic E-state index is 10.3. The fourth-order valence-electron chi connectivity index (χ4n) is 0.836. The molecule has 0 aliphatic heterocycles. The summed E-state index contributed by atoms with van der Waals surface area (Å²) in [6.07, 6.45) is 0. The fraction of sp³-hybridized carbons (Fsp3) is 0. The van der Waals surface area contributed by atoms with Crippen LogP contribution in [0.25, 0.3) is 0 Å². The van der Waals surface area contributed by atoms with Crippen molar-refractivity contribution in [2.75, 3.05) is 0 Å². The van der Waals surface area contributed by atoms with E-state index in [2.05, 4.69) is 0 Å². The molecule has 0 saturated heterocycles. The number of benzene rings is 1. The summed E-state index contributed by atoms with van der Waals surface area (Å²) in [6, 6.07) is 4.03. The maximum atomic E-state index is 10.3. The molecule has 0 atom stereocenters. The molecule has 1 aromatic carbocycles.